The van der Waals surface area contributed by atoms with Gasteiger partial charge in [0.05, 0.1) is 11.3 Å². The highest BCUT2D eigenvalue weighted by molar-refractivity contribution is 5.87. The van der Waals surface area contributed by atoms with E-state index in [1.165, 1.54) is 28.1 Å². The van der Waals surface area contributed by atoms with Gasteiger partial charge in [-0.3, -0.25) is 4.98 Å². The largest absolute Gasteiger partial charge is 0.478 e. The Morgan fingerprint density at radius 3 is 2.45 bits per heavy atom. The van der Waals surface area contributed by atoms with Gasteiger partial charge < -0.3 is 10.4 Å². The van der Waals surface area contributed by atoms with Crippen molar-refractivity contribution in [3.05, 3.63) is 102 Å². The molecule has 0 saturated heterocycles. The lowest BCUT2D eigenvalue weighted by molar-refractivity contribution is 0.0696. The van der Waals surface area contributed by atoms with E-state index in [4.69, 9.17) is 5.11 Å². The second kappa shape index (κ2) is 8.25. The van der Waals surface area contributed by atoms with Crippen molar-refractivity contribution in [2.45, 2.75) is 19.5 Å². The Labute approximate surface area is 169 Å². The monoisotopic (exact) mass is 382 g/mol. The number of nitrogens with zero attached hydrogens (tertiary/aromatic N) is 1. The molecule has 1 aromatic heterocycles. The smallest absolute Gasteiger partial charge is 0.337 e. The van der Waals surface area contributed by atoms with E-state index in [0.29, 0.717) is 0 Å². The van der Waals surface area contributed by atoms with Crippen LogP contribution >= 0.6 is 0 Å². The van der Waals surface area contributed by atoms with Crippen LogP contribution in [0, 0.1) is 0 Å². The maximum Gasteiger partial charge on any atom is 0.337 e. The number of benzene rings is 3. The number of hydrogen-bond acceptors (Lipinski definition) is 3. The molecule has 0 aliphatic carbocycles. The second-order valence-electron chi connectivity index (χ2n) is 7.11. The maximum absolute atomic E-state index is 10.9. The summed E-state index contributed by atoms with van der Waals surface area (Å²) in [6, 6.07) is 26.6. The highest BCUT2D eigenvalue weighted by Crippen LogP contribution is 2.24. The molecular formula is C25H22N2O2. The molecule has 0 aliphatic rings. The van der Waals surface area contributed by atoms with Gasteiger partial charge in [0, 0.05) is 24.3 Å². The number of nitrogens with one attached hydrogen (secondary N) is 1. The summed E-state index contributed by atoms with van der Waals surface area (Å²) in [6.45, 7) is 2.94. The summed E-state index contributed by atoms with van der Waals surface area (Å²) in [5.41, 5.74) is 4.40. The fourth-order valence-electron chi connectivity index (χ4n) is 3.49. The Kier molecular flexibility index (Phi) is 5.36. The van der Waals surface area contributed by atoms with Crippen molar-refractivity contribution in [3.63, 3.8) is 0 Å². The molecule has 4 rings (SSSR count). The third-order valence-electron chi connectivity index (χ3n) is 5.16. The van der Waals surface area contributed by atoms with Crippen LogP contribution in [0.25, 0.3) is 22.0 Å². The summed E-state index contributed by atoms with van der Waals surface area (Å²) in [4.78, 5) is 15.2. The molecule has 29 heavy (non-hydrogen) atoms. The lowest BCUT2D eigenvalue weighted by Crippen LogP contribution is -2.18. The molecule has 2 N–H and O–H groups in total. The van der Waals surface area contributed by atoms with Gasteiger partial charge in [-0.2, -0.15) is 0 Å². The Hall–Kier alpha value is -3.50. The summed E-state index contributed by atoms with van der Waals surface area (Å²) >= 11 is 0. The summed E-state index contributed by atoms with van der Waals surface area (Å²) in [6.07, 6.45) is 1.39. The van der Waals surface area contributed by atoms with Crippen molar-refractivity contribution >= 4 is 16.7 Å². The van der Waals surface area contributed by atoms with E-state index in [1.807, 2.05) is 12.1 Å². The first kappa shape index (κ1) is 18.8. The minimum absolute atomic E-state index is 0.192. The van der Waals surface area contributed by atoms with Crippen LogP contribution in [0.4, 0.5) is 0 Å². The third kappa shape index (κ3) is 4.18. The number of hydrogen-bond donors (Lipinski definition) is 2. The number of aromatic carboxylic acids is 1. The normalized spacial score (nSPS) is 12.0. The number of rotatable bonds is 6. The predicted octanol–water partition coefficient (Wildman–Crippen LogP) is 5.45. The quantitative estimate of drug-likeness (QED) is 0.465. The molecule has 144 valence electrons. The summed E-state index contributed by atoms with van der Waals surface area (Å²) in [5, 5.41) is 15.1. The minimum atomic E-state index is -0.967. The zero-order chi connectivity index (χ0) is 20.2. The molecule has 0 saturated carbocycles. The van der Waals surface area contributed by atoms with E-state index in [-0.39, 0.29) is 11.6 Å². The van der Waals surface area contributed by atoms with Gasteiger partial charge in [0.15, 0.2) is 0 Å². The molecule has 0 fully saturated rings. The maximum atomic E-state index is 10.9. The van der Waals surface area contributed by atoms with E-state index in [1.54, 1.807) is 12.1 Å². The Balaban J connectivity index is 1.44. The van der Waals surface area contributed by atoms with Gasteiger partial charge in [0.2, 0.25) is 0 Å². The van der Waals surface area contributed by atoms with Gasteiger partial charge in [-0.1, -0.05) is 66.7 Å². The van der Waals surface area contributed by atoms with Crippen molar-refractivity contribution in [3.8, 4) is 11.3 Å². The minimum Gasteiger partial charge on any atom is -0.478 e. The summed E-state index contributed by atoms with van der Waals surface area (Å²) < 4.78 is 0. The molecule has 4 heteroatoms. The Morgan fingerprint density at radius 2 is 1.72 bits per heavy atom. The number of fused-ring (bicyclic) bond motifs is 1. The fraction of sp³-hybridized carbons (Fsp3) is 0.120. The van der Waals surface area contributed by atoms with Crippen LogP contribution in [0.2, 0.25) is 0 Å². The number of carboxylic acids is 1. The van der Waals surface area contributed by atoms with Crippen LogP contribution in [0.5, 0.6) is 0 Å². The van der Waals surface area contributed by atoms with E-state index in [0.717, 1.165) is 17.8 Å². The molecule has 1 heterocycles. The molecule has 4 nitrogen and oxygen atoms in total. The molecule has 1 atom stereocenters. The van der Waals surface area contributed by atoms with Gasteiger partial charge in [0.1, 0.15) is 0 Å². The van der Waals surface area contributed by atoms with Crippen molar-refractivity contribution < 1.29 is 9.90 Å². The van der Waals surface area contributed by atoms with Crippen molar-refractivity contribution in [2.75, 3.05) is 0 Å². The van der Waals surface area contributed by atoms with E-state index >= 15 is 0 Å². The molecule has 0 radical (unpaired) electrons. The van der Waals surface area contributed by atoms with E-state index in [2.05, 4.69) is 71.8 Å². The van der Waals surface area contributed by atoms with Crippen molar-refractivity contribution in [2.24, 2.45) is 0 Å². The average molecular weight is 382 g/mol. The van der Waals surface area contributed by atoms with Crippen LogP contribution in [0.3, 0.4) is 0 Å². The van der Waals surface area contributed by atoms with Crippen LogP contribution in [0.1, 0.15) is 34.5 Å². The SMILES string of the molecule is CC(NCc1ccc(-c2ccc(C(=O)O)cn2)cc1)c1cccc2ccccc12. The topological polar surface area (TPSA) is 62.2 Å². The number of pyridine rings is 1. The van der Waals surface area contributed by atoms with Crippen molar-refractivity contribution in [1.29, 1.82) is 0 Å². The zero-order valence-corrected chi connectivity index (χ0v) is 16.2. The van der Waals surface area contributed by atoms with Crippen LogP contribution in [-0.4, -0.2) is 16.1 Å². The molecule has 3 aromatic carbocycles. The van der Waals surface area contributed by atoms with Crippen LogP contribution in [0.15, 0.2) is 85.1 Å². The van der Waals surface area contributed by atoms with E-state index < -0.39 is 5.97 Å². The van der Waals surface area contributed by atoms with E-state index in [9.17, 15) is 4.79 Å². The zero-order valence-electron chi connectivity index (χ0n) is 16.2. The van der Waals surface area contributed by atoms with Crippen LogP contribution in [-0.2, 0) is 6.54 Å². The molecule has 1 unspecified atom stereocenters. The lowest BCUT2D eigenvalue weighted by Gasteiger charge is -2.17. The second-order valence-corrected chi connectivity index (χ2v) is 7.11. The van der Waals surface area contributed by atoms with Gasteiger partial charge in [-0.15, -0.1) is 0 Å². The lowest BCUT2D eigenvalue weighted by atomic mass is 9.99. The highest BCUT2D eigenvalue weighted by Gasteiger charge is 2.09. The van der Waals surface area contributed by atoms with Gasteiger partial charge in [-0.05, 0) is 41.0 Å². The first-order chi connectivity index (χ1) is 14.1. The first-order valence-corrected chi connectivity index (χ1v) is 9.61. The molecule has 0 bridgehead atoms. The molecule has 4 aromatic rings. The average Bonchev–Trinajstić information content (AvgIpc) is 2.77. The standard InChI is InChI=1S/C25H22N2O2/c1-17(22-8-4-6-19-5-2-3-7-23(19)22)26-15-18-9-11-20(12-10-18)24-14-13-21(16-27-24)25(28)29/h2-14,16-17,26H,15H2,1H3,(H,28,29). The number of carbonyl (C=O) groups is 1. The first-order valence-electron chi connectivity index (χ1n) is 9.61. The van der Waals surface area contributed by atoms with Gasteiger partial charge in [0.25, 0.3) is 0 Å². The Morgan fingerprint density at radius 1 is 0.966 bits per heavy atom. The Bertz CT molecular complexity index is 1130. The third-order valence-corrected chi connectivity index (χ3v) is 5.16. The summed E-state index contributed by atoms with van der Waals surface area (Å²) in [5.74, 6) is -0.967. The van der Waals surface area contributed by atoms with Gasteiger partial charge in [-0.25, -0.2) is 4.79 Å². The number of aromatic nitrogens is 1. The van der Waals surface area contributed by atoms with Crippen LogP contribution < -0.4 is 5.32 Å². The van der Waals surface area contributed by atoms with Gasteiger partial charge >= 0.3 is 5.97 Å². The molecule has 0 amide bonds. The fourth-order valence-corrected chi connectivity index (χ4v) is 3.49. The summed E-state index contributed by atoms with van der Waals surface area (Å²) in [7, 11) is 0. The molecule has 0 aliphatic heterocycles. The highest BCUT2D eigenvalue weighted by atomic mass is 16.4. The predicted molar refractivity (Wildman–Crippen MR) is 116 cm³/mol. The molecular weight excluding hydrogens is 360 g/mol. The number of carboxylic acid groups (broad SMARTS) is 1. The molecule has 0 spiro atoms. The van der Waals surface area contributed by atoms with Crippen molar-refractivity contribution in [1.82, 2.24) is 10.3 Å².